The molecule has 0 aromatic heterocycles. The molecule has 1 aliphatic heterocycles. The van der Waals surface area contributed by atoms with Gasteiger partial charge in [0, 0.05) is 31.7 Å². The van der Waals surface area contributed by atoms with E-state index < -0.39 is 0 Å². The number of likely N-dealkylation sites (N-methyl/N-ethyl adjacent to an activating group) is 1. The predicted molar refractivity (Wildman–Crippen MR) is 70.2 cm³/mol. The molecule has 100 valence electrons. The van der Waals surface area contributed by atoms with Gasteiger partial charge >= 0.3 is 0 Å². The normalized spacial score (nSPS) is 27.9. The highest BCUT2D eigenvalue weighted by Gasteiger charge is 2.27. The summed E-state index contributed by atoms with van der Waals surface area (Å²) in [6.07, 6.45) is 4.93. The van der Waals surface area contributed by atoms with Crippen LogP contribution in [0.2, 0.25) is 0 Å². The summed E-state index contributed by atoms with van der Waals surface area (Å²) in [5.74, 6) is 0. The lowest BCUT2D eigenvalue weighted by atomic mass is 10.2. The Labute approximate surface area is 105 Å². The van der Waals surface area contributed by atoms with E-state index in [0.29, 0.717) is 12.1 Å². The number of β-amino-alcohol motifs (C(OH)–C–C–N with tert-alkyl or cyclic N) is 1. The van der Waals surface area contributed by atoms with E-state index in [4.69, 9.17) is 0 Å². The summed E-state index contributed by atoms with van der Waals surface area (Å²) >= 11 is 0. The summed E-state index contributed by atoms with van der Waals surface area (Å²) in [7, 11) is 4.25. The highest BCUT2D eigenvalue weighted by Crippen LogP contribution is 2.19. The molecule has 0 spiro atoms. The van der Waals surface area contributed by atoms with Gasteiger partial charge in [0.1, 0.15) is 0 Å². The van der Waals surface area contributed by atoms with Crippen LogP contribution < -0.4 is 5.32 Å². The van der Waals surface area contributed by atoms with Crippen molar-refractivity contribution in [2.75, 3.05) is 40.3 Å². The van der Waals surface area contributed by atoms with Crippen molar-refractivity contribution in [1.29, 1.82) is 0 Å². The standard InChI is InChI=1S/C13H27N3O/c1-15(2)9-12-4-3-7-16(12)10-13(17)8-14-11-5-6-11/h11-14,17H,3-10H2,1-2H3. The molecule has 1 heterocycles. The molecule has 2 unspecified atom stereocenters. The van der Waals surface area contributed by atoms with Crippen molar-refractivity contribution in [2.45, 2.75) is 43.9 Å². The van der Waals surface area contributed by atoms with E-state index in [1.165, 1.54) is 25.7 Å². The van der Waals surface area contributed by atoms with Gasteiger partial charge in [-0.2, -0.15) is 0 Å². The molecule has 2 N–H and O–H groups in total. The molecule has 0 aromatic rings. The molecule has 2 fully saturated rings. The van der Waals surface area contributed by atoms with Gasteiger partial charge in [0.25, 0.3) is 0 Å². The number of nitrogens with zero attached hydrogens (tertiary/aromatic N) is 2. The maximum absolute atomic E-state index is 10.0. The average molecular weight is 241 g/mol. The number of hydrogen-bond acceptors (Lipinski definition) is 4. The fourth-order valence-corrected chi connectivity index (χ4v) is 2.69. The van der Waals surface area contributed by atoms with Crippen LogP contribution in [0.3, 0.4) is 0 Å². The number of nitrogens with one attached hydrogen (secondary N) is 1. The Morgan fingerprint density at radius 3 is 2.76 bits per heavy atom. The second-order valence-corrected chi connectivity index (χ2v) is 5.89. The summed E-state index contributed by atoms with van der Waals surface area (Å²) < 4.78 is 0. The first-order valence-corrected chi connectivity index (χ1v) is 6.95. The predicted octanol–water partition coefficient (Wildman–Crippen LogP) is 0.125. The molecule has 2 aliphatic rings. The molecule has 1 saturated carbocycles. The molecule has 1 aliphatic carbocycles. The summed E-state index contributed by atoms with van der Waals surface area (Å²) in [6, 6.07) is 1.33. The van der Waals surface area contributed by atoms with Gasteiger partial charge in [0.05, 0.1) is 6.10 Å². The lowest BCUT2D eigenvalue weighted by molar-refractivity contribution is 0.0967. The summed E-state index contributed by atoms with van der Waals surface area (Å²) in [5.41, 5.74) is 0. The van der Waals surface area contributed by atoms with Gasteiger partial charge in [0.15, 0.2) is 0 Å². The van der Waals surface area contributed by atoms with Gasteiger partial charge in [-0.25, -0.2) is 0 Å². The quantitative estimate of drug-likeness (QED) is 0.664. The number of likely N-dealkylation sites (tertiary alicyclic amines) is 1. The Bertz CT molecular complexity index is 231. The van der Waals surface area contributed by atoms with Crippen LogP contribution in [-0.2, 0) is 0 Å². The van der Waals surface area contributed by atoms with Crippen molar-refractivity contribution in [1.82, 2.24) is 15.1 Å². The number of aliphatic hydroxyl groups is 1. The highest BCUT2D eigenvalue weighted by atomic mass is 16.3. The maximum atomic E-state index is 10.0. The third kappa shape index (κ3) is 4.54. The Morgan fingerprint density at radius 2 is 2.12 bits per heavy atom. The van der Waals surface area contributed by atoms with Crippen molar-refractivity contribution in [3.63, 3.8) is 0 Å². The zero-order valence-electron chi connectivity index (χ0n) is 11.2. The Balaban J connectivity index is 1.68. The summed E-state index contributed by atoms with van der Waals surface area (Å²) in [5, 5.41) is 13.4. The van der Waals surface area contributed by atoms with Crippen LogP contribution in [0.25, 0.3) is 0 Å². The van der Waals surface area contributed by atoms with Gasteiger partial charge in [-0.3, -0.25) is 4.90 Å². The van der Waals surface area contributed by atoms with Crippen LogP contribution >= 0.6 is 0 Å². The molecule has 0 amide bonds. The fraction of sp³-hybridized carbons (Fsp3) is 1.00. The van der Waals surface area contributed by atoms with Crippen LogP contribution in [0, 0.1) is 0 Å². The Kier molecular flexibility index (Phi) is 4.79. The molecule has 0 bridgehead atoms. The number of rotatable bonds is 7. The molecular formula is C13H27N3O. The molecule has 2 rings (SSSR count). The maximum Gasteiger partial charge on any atom is 0.0791 e. The van der Waals surface area contributed by atoms with Crippen molar-refractivity contribution in [3.05, 3.63) is 0 Å². The number of aliphatic hydroxyl groups excluding tert-OH is 1. The minimum atomic E-state index is -0.210. The minimum Gasteiger partial charge on any atom is -0.390 e. The van der Waals surface area contributed by atoms with E-state index in [1.54, 1.807) is 0 Å². The molecule has 4 heteroatoms. The van der Waals surface area contributed by atoms with Gasteiger partial charge in [-0.1, -0.05) is 0 Å². The molecule has 0 aromatic carbocycles. The zero-order valence-corrected chi connectivity index (χ0v) is 11.2. The molecule has 4 nitrogen and oxygen atoms in total. The van der Waals surface area contributed by atoms with Gasteiger partial charge in [-0.05, 0) is 46.3 Å². The summed E-state index contributed by atoms with van der Waals surface area (Å²) in [4.78, 5) is 4.71. The van der Waals surface area contributed by atoms with E-state index in [0.717, 1.165) is 26.2 Å². The average Bonchev–Trinajstić information content (AvgIpc) is 3.00. The van der Waals surface area contributed by atoms with Crippen molar-refractivity contribution >= 4 is 0 Å². The van der Waals surface area contributed by atoms with E-state index in [9.17, 15) is 5.11 Å². The summed E-state index contributed by atoms with van der Waals surface area (Å²) in [6.45, 7) is 3.86. The highest BCUT2D eigenvalue weighted by molar-refractivity contribution is 4.85. The van der Waals surface area contributed by atoms with Gasteiger partial charge in [-0.15, -0.1) is 0 Å². The smallest absolute Gasteiger partial charge is 0.0791 e. The first-order chi connectivity index (χ1) is 8.15. The SMILES string of the molecule is CN(C)CC1CCCN1CC(O)CNC1CC1. The van der Waals surface area contributed by atoms with Gasteiger partial charge in [0.2, 0.25) is 0 Å². The lowest BCUT2D eigenvalue weighted by Crippen LogP contribution is -2.44. The van der Waals surface area contributed by atoms with E-state index in [2.05, 4.69) is 29.2 Å². The molecular weight excluding hydrogens is 214 g/mol. The second kappa shape index (κ2) is 6.14. The Hall–Kier alpha value is -0.160. The first kappa shape index (κ1) is 13.3. The third-order valence-electron chi connectivity index (χ3n) is 3.74. The lowest BCUT2D eigenvalue weighted by Gasteiger charge is -2.28. The van der Waals surface area contributed by atoms with E-state index in [1.807, 2.05) is 0 Å². The van der Waals surface area contributed by atoms with Gasteiger partial charge < -0.3 is 15.3 Å². The second-order valence-electron chi connectivity index (χ2n) is 5.89. The zero-order chi connectivity index (χ0) is 12.3. The first-order valence-electron chi connectivity index (χ1n) is 6.95. The monoisotopic (exact) mass is 241 g/mol. The van der Waals surface area contributed by atoms with Crippen molar-refractivity contribution in [2.24, 2.45) is 0 Å². The van der Waals surface area contributed by atoms with Crippen LogP contribution in [0.1, 0.15) is 25.7 Å². The van der Waals surface area contributed by atoms with Crippen molar-refractivity contribution < 1.29 is 5.11 Å². The molecule has 2 atom stereocenters. The third-order valence-corrected chi connectivity index (χ3v) is 3.74. The fourth-order valence-electron chi connectivity index (χ4n) is 2.69. The van der Waals surface area contributed by atoms with Crippen LogP contribution in [0.5, 0.6) is 0 Å². The molecule has 1 saturated heterocycles. The minimum absolute atomic E-state index is 0.210. The molecule has 17 heavy (non-hydrogen) atoms. The number of hydrogen-bond donors (Lipinski definition) is 2. The Morgan fingerprint density at radius 1 is 1.35 bits per heavy atom. The van der Waals surface area contributed by atoms with E-state index in [-0.39, 0.29) is 6.10 Å². The van der Waals surface area contributed by atoms with Crippen molar-refractivity contribution in [3.8, 4) is 0 Å². The van der Waals surface area contributed by atoms with Crippen LogP contribution in [-0.4, -0.2) is 73.4 Å². The molecule has 0 radical (unpaired) electrons. The topological polar surface area (TPSA) is 38.7 Å². The van der Waals surface area contributed by atoms with E-state index >= 15 is 0 Å². The van der Waals surface area contributed by atoms with Crippen LogP contribution in [0.15, 0.2) is 0 Å². The largest absolute Gasteiger partial charge is 0.390 e. The van der Waals surface area contributed by atoms with Crippen LogP contribution in [0.4, 0.5) is 0 Å².